The molecular formula is C36H44O4. The van der Waals surface area contributed by atoms with Gasteiger partial charge in [0.05, 0.1) is 13.2 Å². The van der Waals surface area contributed by atoms with Crippen LogP contribution in [-0.2, 0) is 20.3 Å². The lowest BCUT2D eigenvalue weighted by Gasteiger charge is -2.61. The Morgan fingerprint density at radius 3 is 1.57 bits per heavy atom. The van der Waals surface area contributed by atoms with Crippen LogP contribution >= 0.6 is 0 Å². The van der Waals surface area contributed by atoms with Crippen LogP contribution in [0.1, 0.15) is 88.2 Å². The monoisotopic (exact) mass is 540 g/mol. The van der Waals surface area contributed by atoms with Gasteiger partial charge >= 0.3 is 0 Å². The van der Waals surface area contributed by atoms with Gasteiger partial charge in [-0.15, -0.1) is 0 Å². The molecule has 2 aliphatic heterocycles. The third-order valence-electron chi connectivity index (χ3n) is 12.9. The molecule has 12 rings (SSSR count). The molecule has 0 amide bonds. The highest BCUT2D eigenvalue weighted by atomic mass is 16.6. The van der Waals surface area contributed by atoms with Crippen molar-refractivity contribution in [2.75, 3.05) is 26.4 Å². The Balaban J connectivity index is 1.20. The standard InChI is InChI=1S/C36H44O4/c1-2-28(37-17-29-18-38-29)10-31-27(1)9-32(40-20-30-19-39-30)34(36-14-24-6-25(15-36)8-26(7-24)16-36)33(31)35-11-21-3-22(12-35)5-23(4-21)13-35/h1-2,9-10,21-26,29-30H,3-8,11-20H2. The lowest BCUT2D eigenvalue weighted by atomic mass is 9.43. The van der Waals surface area contributed by atoms with E-state index in [9.17, 15) is 0 Å². The van der Waals surface area contributed by atoms with Crippen molar-refractivity contribution in [3.05, 3.63) is 35.4 Å². The molecule has 2 aromatic rings. The number of epoxide rings is 2. The molecule has 4 heteroatoms. The molecule has 212 valence electrons. The van der Waals surface area contributed by atoms with Crippen LogP contribution in [0.25, 0.3) is 10.8 Å². The molecule has 40 heavy (non-hydrogen) atoms. The number of hydrogen-bond donors (Lipinski definition) is 0. The summed E-state index contributed by atoms with van der Waals surface area (Å²) in [6, 6.07) is 9.38. The van der Waals surface area contributed by atoms with Crippen molar-refractivity contribution >= 4 is 10.8 Å². The Hall–Kier alpha value is -1.78. The molecule has 10 fully saturated rings. The highest BCUT2D eigenvalue weighted by Crippen LogP contribution is 2.67. The first-order chi connectivity index (χ1) is 19.6. The summed E-state index contributed by atoms with van der Waals surface area (Å²) in [6.45, 7) is 3.07. The second-order valence-electron chi connectivity index (χ2n) is 15.9. The summed E-state index contributed by atoms with van der Waals surface area (Å²) in [6.07, 6.45) is 17.8. The molecule has 0 radical (unpaired) electrons. The summed E-state index contributed by atoms with van der Waals surface area (Å²) < 4.78 is 24.4. The first-order valence-electron chi connectivity index (χ1n) is 16.7. The molecule has 4 nitrogen and oxygen atoms in total. The highest BCUT2D eigenvalue weighted by molar-refractivity contribution is 5.92. The lowest BCUT2D eigenvalue weighted by Crippen LogP contribution is -2.52. The van der Waals surface area contributed by atoms with Crippen LogP contribution in [0.15, 0.2) is 24.3 Å². The lowest BCUT2D eigenvalue weighted by molar-refractivity contribution is -0.0179. The first kappa shape index (κ1) is 23.7. The van der Waals surface area contributed by atoms with Gasteiger partial charge in [0, 0.05) is 11.0 Å². The molecule has 2 heterocycles. The van der Waals surface area contributed by atoms with Gasteiger partial charge in [0.2, 0.25) is 0 Å². The summed E-state index contributed by atoms with van der Waals surface area (Å²) >= 11 is 0. The third-order valence-corrected chi connectivity index (χ3v) is 12.9. The molecule has 0 spiro atoms. The Labute approximate surface area is 238 Å². The van der Waals surface area contributed by atoms with Gasteiger partial charge in [0.15, 0.2) is 0 Å². The van der Waals surface area contributed by atoms with Gasteiger partial charge in [-0.3, -0.25) is 0 Å². The molecular weight excluding hydrogens is 496 g/mol. The molecule has 8 saturated carbocycles. The van der Waals surface area contributed by atoms with Gasteiger partial charge in [-0.2, -0.15) is 0 Å². The van der Waals surface area contributed by atoms with E-state index in [1.807, 2.05) is 0 Å². The van der Waals surface area contributed by atoms with Crippen LogP contribution in [0.5, 0.6) is 11.5 Å². The fourth-order valence-corrected chi connectivity index (χ4v) is 12.2. The molecule has 2 saturated heterocycles. The van der Waals surface area contributed by atoms with Gasteiger partial charge in [0.25, 0.3) is 0 Å². The van der Waals surface area contributed by atoms with E-state index in [1.54, 1.807) is 11.1 Å². The second kappa shape index (κ2) is 8.40. The van der Waals surface area contributed by atoms with E-state index in [4.69, 9.17) is 18.9 Å². The third kappa shape index (κ3) is 3.77. The van der Waals surface area contributed by atoms with E-state index >= 15 is 0 Å². The van der Waals surface area contributed by atoms with E-state index in [1.165, 1.54) is 93.6 Å². The quantitative estimate of drug-likeness (QED) is 0.329. The van der Waals surface area contributed by atoms with Gasteiger partial charge in [-0.05, 0) is 153 Å². The molecule has 2 atom stereocenters. The molecule has 8 aliphatic carbocycles. The topological polar surface area (TPSA) is 43.5 Å². The number of ether oxygens (including phenoxy) is 4. The minimum Gasteiger partial charge on any atom is -0.491 e. The van der Waals surface area contributed by atoms with Crippen LogP contribution in [0, 0.1) is 35.5 Å². The van der Waals surface area contributed by atoms with Crippen molar-refractivity contribution in [1.29, 1.82) is 0 Å². The predicted molar refractivity (Wildman–Crippen MR) is 154 cm³/mol. The van der Waals surface area contributed by atoms with Crippen molar-refractivity contribution < 1.29 is 18.9 Å². The van der Waals surface area contributed by atoms with Crippen molar-refractivity contribution in [1.82, 2.24) is 0 Å². The normalized spacial score (nSPS) is 45.3. The largest absolute Gasteiger partial charge is 0.491 e. The summed E-state index contributed by atoms with van der Waals surface area (Å²) in [5.41, 5.74) is 4.00. The van der Waals surface area contributed by atoms with Crippen molar-refractivity contribution in [3.8, 4) is 11.5 Å². The van der Waals surface area contributed by atoms with Gasteiger partial charge < -0.3 is 18.9 Å². The van der Waals surface area contributed by atoms with Crippen molar-refractivity contribution in [2.45, 2.75) is 100 Å². The smallest absolute Gasteiger partial charge is 0.124 e. The summed E-state index contributed by atoms with van der Waals surface area (Å²) in [5, 5.41) is 2.83. The van der Waals surface area contributed by atoms with E-state index in [0.717, 1.165) is 54.5 Å². The highest BCUT2D eigenvalue weighted by Gasteiger charge is 2.58. The maximum absolute atomic E-state index is 6.91. The van der Waals surface area contributed by atoms with Gasteiger partial charge in [0.1, 0.15) is 36.9 Å². The summed E-state index contributed by atoms with van der Waals surface area (Å²) in [5.74, 6) is 7.74. The second-order valence-corrected chi connectivity index (χ2v) is 15.9. The molecule has 0 aromatic heterocycles. The SMILES string of the molecule is c1cc2cc(OCC3CO3)c(C34CC5CC(CC(C5)C3)C4)c(C34CC5CC(CC(C5)C3)C4)c2cc1OCC1CO1. The van der Waals surface area contributed by atoms with Crippen molar-refractivity contribution in [2.24, 2.45) is 35.5 Å². The van der Waals surface area contributed by atoms with Crippen LogP contribution in [0.2, 0.25) is 0 Å². The fraction of sp³-hybridized carbons (Fsp3) is 0.722. The minimum absolute atomic E-state index is 0.279. The van der Waals surface area contributed by atoms with E-state index in [-0.39, 0.29) is 12.2 Å². The van der Waals surface area contributed by atoms with Crippen LogP contribution in [-0.4, -0.2) is 38.6 Å². The minimum atomic E-state index is 0.279. The maximum Gasteiger partial charge on any atom is 0.124 e. The molecule has 0 N–H and O–H groups in total. The number of rotatable bonds is 8. The summed E-state index contributed by atoms with van der Waals surface area (Å²) in [7, 11) is 0. The Morgan fingerprint density at radius 1 is 0.600 bits per heavy atom. The Morgan fingerprint density at radius 2 is 1.07 bits per heavy atom. The number of benzene rings is 2. The average Bonchev–Trinajstić information content (AvgIpc) is 3.84. The zero-order valence-corrected chi connectivity index (χ0v) is 23.9. The Bertz CT molecular complexity index is 1280. The van der Waals surface area contributed by atoms with Gasteiger partial charge in [-0.25, -0.2) is 0 Å². The average molecular weight is 541 g/mol. The summed E-state index contributed by atoms with van der Waals surface area (Å²) in [4.78, 5) is 0. The van der Waals surface area contributed by atoms with E-state index < -0.39 is 0 Å². The molecule has 8 bridgehead atoms. The van der Waals surface area contributed by atoms with E-state index in [0.29, 0.717) is 24.0 Å². The predicted octanol–water partition coefficient (Wildman–Crippen LogP) is 7.33. The molecule has 2 aromatic carbocycles. The Kier molecular flexibility index (Phi) is 4.99. The van der Waals surface area contributed by atoms with Gasteiger partial charge in [-0.1, -0.05) is 6.07 Å². The molecule has 10 aliphatic rings. The van der Waals surface area contributed by atoms with Crippen LogP contribution in [0.4, 0.5) is 0 Å². The molecule has 2 unspecified atom stereocenters. The fourth-order valence-electron chi connectivity index (χ4n) is 12.2. The van der Waals surface area contributed by atoms with Crippen LogP contribution < -0.4 is 9.47 Å². The number of fused-ring (bicyclic) bond motifs is 1. The van der Waals surface area contributed by atoms with E-state index in [2.05, 4.69) is 24.3 Å². The van der Waals surface area contributed by atoms with Crippen molar-refractivity contribution in [3.63, 3.8) is 0 Å². The first-order valence-corrected chi connectivity index (χ1v) is 16.7. The van der Waals surface area contributed by atoms with Crippen LogP contribution in [0.3, 0.4) is 0 Å². The zero-order chi connectivity index (χ0) is 26.1. The maximum atomic E-state index is 6.91. The zero-order valence-electron chi connectivity index (χ0n) is 23.9. The number of hydrogen-bond acceptors (Lipinski definition) is 4.